The number of halogens is 1. The number of carbonyl (C=O) groups excluding carboxylic acids is 2. The molecule has 1 aromatic carbocycles. The maximum Gasteiger partial charge on any atom is 0.344 e. The van der Waals surface area contributed by atoms with E-state index in [2.05, 4.69) is 10.1 Å². The van der Waals surface area contributed by atoms with Crippen LogP contribution in [0.5, 0.6) is 5.75 Å². The maximum absolute atomic E-state index is 13.6. The van der Waals surface area contributed by atoms with Gasteiger partial charge in [-0.15, -0.1) is 0 Å². The smallest absolute Gasteiger partial charge is 0.344 e. The highest BCUT2D eigenvalue weighted by Crippen LogP contribution is 2.31. The summed E-state index contributed by atoms with van der Waals surface area (Å²) in [5.74, 6) is -2.51. The summed E-state index contributed by atoms with van der Waals surface area (Å²) in [4.78, 5) is 22.8. The first-order valence-electron chi connectivity index (χ1n) is 5.16. The number of anilines is 1. The van der Waals surface area contributed by atoms with Crippen molar-refractivity contribution in [1.82, 2.24) is 0 Å². The van der Waals surface area contributed by atoms with Gasteiger partial charge < -0.3 is 14.8 Å². The fourth-order valence-corrected chi connectivity index (χ4v) is 1.43. The zero-order valence-corrected chi connectivity index (χ0v) is 10.3. The van der Waals surface area contributed by atoms with Crippen molar-refractivity contribution in [2.24, 2.45) is 0 Å². The van der Waals surface area contributed by atoms with Gasteiger partial charge in [-0.05, 0) is 12.1 Å². The van der Waals surface area contributed by atoms with Gasteiger partial charge >= 0.3 is 5.97 Å². The van der Waals surface area contributed by atoms with Crippen molar-refractivity contribution in [2.45, 2.75) is 6.42 Å². The quantitative estimate of drug-likeness (QED) is 0.834. The van der Waals surface area contributed by atoms with Gasteiger partial charge in [0.05, 0.1) is 26.0 Å². The molecule has 1 amide bonds. The molecule has 0 aliphatic heterocycles. The molecule has 1 aromatic rings. The Hall–Kier alpha value is -2.62. The summed E-state index contributed by atoms with van der Waals surface area (Å²) in [6, 6.07) is 3.90. The molecule has 0 heterocycles. The van der Waals surface area contributed by atoms with Crippen LogP contribution in [0.1, 0.15) is 16.8 Å². The standard InChI is InChI=1S/C12H11FN2O4/c1-18-11-8(15-9(16)5-6-14)4-3-7(13)10(11)12(17)19-2/h3-4H,5H2,1-2H3,(H,15,16). The predicted octanol–water partition coefficient (Wildman–Crippen LogP) is 1.47. The first-order chi connectivity index (χ1) is 9.04. The average molecular weight is 266 g/mol. The van der Waals surface area contributed by atoms with Gasteiger partial charge in [0.25, 0.3) is 0 Å². The topological polar surface area (TPSA) is 88.4 Å². The number of amides is 1. The first kappa shape index (κ1) is 14.4. The molecule has 0 aromatic heterocycles. The number of nitriles is 1. The molecular weight excluding hydrogens is 255 g/mol. The Bertz CT molecular complexity index is 551. The van der Waals surface area contributed by atoms with Gasteiger partial charge in [0.1, 0.15) is 17.8 Å². The fourth-order valence-electron chi connectivity index (χ4n) is 1.43. The van der Waals surface area contributed by atoms with E-state index >= 15 is 0 Å². The summed E-state index contributed by atoms with van der Waals surface area (Å²) in [6.45, 7) is 0. The highest BCUT2D eigenvalue weighted by molar-refractivity contribution is 5.99. The van der Waals surface area contributed by atoms with Crippen LogP contribution in [0.2, 0.25) is 0 Å². The van der Waals surface area contributed by atoms with E-state index in [0.29, 0.717) is 0 Å². The van der Waals surface area contributed by atoms with Gasteiger partial charge in [0.2, 0.25) is 5.91 Å². The Labute approximate surface area is 108 Å². The van der Waals surface area contributed by atoms with Crippen molar-refractivity contribution in [2.75, 3.05) is 19.5 Å². The van der Waals surface area contributed by atoms with Gasteiger partial charge in [-0.1, -0.05) is 0 Å². The minimum atomic E-state index is -0.925. The van der Waals surface area contributed by atoms with Crippen LogP contribution >= 0.6 is 0 Å². The summed E-state index contributed by atoms with van der Waals surface area (Å²) in [5.41, 5.74) is -0.329. The molecule has 0 unspecified atom stereocenters. The number of hydrogen-bond acceptors (Lipinski definition) is 5. The molecule has 0 aliphatic rings. The third-order valence-electron chi connectivity index (χ3n) is 2.21. The lowest BCUT2D eigenvalue weighted by Gasteiger charge is -2.13. The van der Waals surface area contributed by atoms with Crippen LogP contribution < -0.4 is 10.1 Å². The lowest BCUT2D eigenvalue weighted by molar-refractivity contribution is -0.115. The monoisotopic (exact) mass is 266 g/mol. The van der Waals surface area contributed by atoms with Crippen LogP contribution in [0.3, 0.4) is 0 Å². The van der Waals surface area contributed by atoms with Crippen LogP contribution in [0.15, 0.2) is 12.1 Å². The van der Waals surface area contributed by atoms with Crippen LogP contribution in [0.25, 0.3) is 0 Å². The zero-order chi connectivity index (χ0) is 14.4. The van der Waals surface area contributed by atoms with Crippen molar-refractivity contribution < 1.29 is 23.5 Å². The van der Waals surface area contributed by atoms with E-state index in [1.165, 1.54) is 13.2 Å². The molecule has 0 bridgehead atoms. The van der Waals surface area contributed by atoms with Crippen LogP contribution in [-0.4, -0.2) is 26.1 Å². The molecule has 0 aliphatic carbocycles. The van der Waals surface area contributed by atoms with Crippen molar-refractivity contribution in [3.63, 3.8) is 0 Å². The van der Waals surface area contributed by atoms with E-state index in [0.717, 1.165) is 13.2 Å². The number of esters is 1. The summed E-state index contributed by atoms with van der Waals surface area (Å²) < 4.78 is 23.0. The number of hydrogen-bond donors (Lipinski definition) is 1. The summed E-state index contributed by atoms with van der Waals surface area (Å²) in [5, 5.41) is 10.7. The molecule has 0 saturated heterocycles. The van der Waals surface area contributed by atoms with Gasteiger partial charge in [0, 0.05) is 0 Å². The molecule has 6 nitrogen and oxygen atoms in total. The lowest BCUT2D eigenvalue weighted by atomic mass is 10.1. The van der Waals surface area contributed by atoms with E-state index in [9.17, 15) is 14.0 Å². The molecule has 0 fully saturated rings. The van der Waals surface area contributed by atoms with E-state index in [-0.39, 0.29) is 17.9 Å². The summed E-state index contributed by atoms with van der Waals surface area (Å²) in [7, 11) is 2.32. The highest BCUT2D eigenvalue weighted by atomic mass is 19.1. The SMILES string of the molecule is COC(=O)c1c(F)ccc(NC(=O)CC#N)c1OC. The highest BCUT2D eigenvalue weighted by Gasteiger charge is 2.22. The average Bonchev–Trinajstić information content (AvgIpc) is 2.39. The van der Waals surface area contributed by atoms with Crippen molar-refractivity contribution in [1.29, 1.82) is 5.26 Å². The number of rotatable bonds is 4. The Kier molecular flexibility index (Phi) is 4.83. The maximum atomic E-state index is 13.6. The molecule has 0 saturated carbocycles. The largest absolute Gasteiger partial charge is 0.494 e. The second-order valence-corrected chi connectivity index (χ2v) is 3.38. The van der Waals surface area contributed by atoms with E-state index in [1.807, 2.05) is 0 Å². The van der Waals surface area contributed by atoms with Gasteiger partial charge in [-0.2, -0.15) is 5.26 Å². The number of ether oxygens (including phenoxy) is 2. The van der Waals surface area contributed by atoms with Crippen LogP contribution in [-0.2, 0) is 9.53 Å². The third kappa shape index (κ3) is 3.19. The Morgan fingerprint density at radius 3 is 2.63 bits per heavy atom. The van der Waals surface area contributed by atoms with Crippen molar-refractivity contribution >= 4 is 17.6 Å². The second kappa shape index (κ2) is 6.35. The molecule has 0 spiro atoms. The molecule has 1 rings (SSSR count). The van der Waals surface area contributed by atoms with Gasteiger partial charge in [-0.3, -0.25) is 4.79 Å². The van der Waals surface area contributed by atoms with Gasteiger partial charge in [-0.25, -0.2) is 9.18 Å². The number of benzene rings is 1. The Morgan fingerprint density at radius 1 is 1.42 bits per heavy atom. The van der Waals surface area contributed by atoms with E-state index in [4.69, 9.17) is 10.00 Å². The fraction of sp³-hybridized carbons (Fsp3) is 0.250. The van der Waals surface area contributed by atoms with Crippen LogP contribution in [0.4, 0.5) is 10.1 Å². The number of methoxy groups -OCH3 is 2. The molecule has 0 atom stereocenters. The number of carbonyl (C=O) groups is 2. The number of nitrogens with one attached hydrogen (secondary N) is 1. The molecule has 1 N–H and O–H groups in total. The Balaban J connectivity index is 3.24. The van der Waals surface area contributed by atoms with E-state index < -0.39 is 23.3 Å². The molecule has 7 heteroatoms. The summed E-state index contributed by atoms with van der Waals surface area (Å²) in [6.07, 6.45) is -0.367. The minimum Gasteiger partial charge on any atom is -0.494 e. The molecule has 0 radical (unpaired) electrons. The molecule has 19 heavy (non-hydrogen) atoms. The zero-order valence-electron chi connectivity index (χ0n) is 10.3. The third-order valence-corrected chi connectivity index (χ3v) is 2.21. The van der Waals surface area contributed by atoms with Crippen molar-refractivity contribution in [3.05, 3.63) is 23.5 Å². The minimum absolute atomic E-state index is 0.0875. The molecule has 100 valence electrons. The predicted molar refractivity (Wildman–Crippen MR) is 63.2 cm³/mol. The summed E-state index contributed by atoms with van der Waals surface area (Å²) >= 11 is 0. The molecular formula is C12H11FN2O4. The lowest BCUT2D eigenvalue weighted by Crippen LogP contribution is -2.14. The Morgan fingerprint density at radius 2 is 2.11 bits per heavy atom. The van der Waals surface area contributed by atoms with E-state index in [1.54, 1.807) is 6.07 Å². The van der Waals surface area contributed by atoms with Crippen LogP contribution in [0, 0.1) is 17.1 Å². The first-order valence-corrected chi connectivity index (χ1v) is 5.16. The second-order valence-electron chi connectivity index (χ2n) is 3.38. The normalized spacial score (nSPS) is 9.37. The number of nitrogens with zero attached hydrogens (tertiary/aromatic N) is 1. The van der Waals surface area contributed by atoms with Crippen molar-refractivity contribution in [3.8, 4) is 11.8 Å². The van der Waals surface area contributed by atoms with Gasteiger partial charge in [0.15, 0.2) is 5.75 Å².